The first-order valence-electron chi connectivity index (χ1n) is 8.70. The van der Waals surface area contributed by atoms with Crippen LogP contribution in [0, 0.1) is 0 Å². The summed E-state index contributed by atoms with van der Waals surface area (Å²) >= 11 is 13.6. The number of amides is 1. The summed E-state index contributed by atoms with van der Waals surface area (Å²) in [5.74, 6) is -0.229. The van der Waals surface area contributed by atoms with Gasteiger partial charge in [-0.05, 0) is 31.2 Å². The van der Waals surface area contributed by atoms with E-state index in [0.717, 1.165) is 11.1 Å². The molecule has 0 spiro atoms. The average Bonchev–Trinajstić information content (AvgIpc) is 3.16. The van der Waals surface area contributed by atoms with Crippen LogP contribution in [0.3, 0.4) is 0 Å². The number of para-hydroxylation sites is 2. The van der Waals surface area contributed by atoms with Gasteiger partial charge in [0.25, 0.3) is 0 Å². The SMILES string of the molecule is CC(Sc1ncnc2c1cnn2-c1ccccc1)C(=O)Nc1c(Cl)cccc1Cl. The van der Waals surface area contributed by atoms with E-state index in [4.69, 9.17) is 23.2 Å². The van der Waals surface area contributed by atoms with Crippen molar-refractivity contribution in [3.8, 4) is 5.69 Å². The Hall–Kier alpha value is -2.61. The zero-order valence-corrected chi connectivity index (χ0v) is 17.5. The summed E-state index contributed by atoms with van der Waals surface area (Å²) < 4.78 is 1.75. The number of hydrogen-bond acceptors (Lipinski definition) is 5. The van der Waals surface area contributed by atoms with Crippen LogP contribution >= 0.6 is 35.0 Å². The van der Waals surface area contributed by atoms with Crippen LogP contribution in [0.2, 0.25) is 10.0 Å². The maximum Gasteiger partial charge on any atom is 0.237 e. The number of thioether (sulfide) groups is 1. The lowest BCUT2D eigenvalue weighted by atomic mass is 10.3. The molecule has 0 bridgehead atoms. The molecule has 2 aromatic carbocycles. The predicted molar refractivity (Wildman–Crippen MR) is 117 cm³/mol. The number of benzene rings is 2. The molecule has 0 saturated carbocycles. The molecule has 2 aromatic heterocycles. The van der Waals surface area contributed by atoms with Gasteiger partial charge in [-0.2, -0.15) is 5.10 Å². The van der Waals surface area contributed by atoms with Crippen molar-refractivity contribution >= 4 is 57.6 Å². The lowest BCUT2D eigenvalue weighted by molar-refractivity contribution is -0.115. The van der Waals surface area contributed by atoms with Gasteiger partial charge in [0.15, 0.2) is 5.65 Å². The molecule has 0 aliphatic carbocycles. The zero-order valence-electron chi connectivity index (χ0n) is 15.2. The summed E-state index contributed by atoms with van der Waals surface area (Å²) in [4.78, 5) is 21.4. The topological polar surface area (TPSA) is 72.7 Å². The van der Waals surface area contributed by atoms with E-state index in [1.54, 1.807) is 36.0 Å². The minimum atomic E-state index is -0.444. The molecular formula is C20H15Cl2N5OS. The van der Waals surface area contributed by atoms with E-state index in [-0.39, 0.29) is 5.91 Å². The first kappa shape index (κ1) is 19.7. The van der Waals surface area contributed by atoms with Crippen LogP contribution in [-0.2, 0) is 4.79 Å². The Balaban J connectivity index is 1.58. The molecule has 0 saturated heterocycles. The lowest BCUT2D eigenvalue weighted by Crippen LogP contribution is -2.23. The molecule has 9 heteroatoms. The average molecular weight is 444 g/mol. The highest BCUT2D eigenvalue weighted by atomic mass is 35.5. The van der Waals surface area contributed by atoms with Crippen LogP contribution in [0.5, 0.6) is 0 Å². The molecule has 1 N–H and O–H groups in total. The van der Waals surface area contributed by atoms with Gasteiger partial charge in [0.1, 0.15) is 11.4 Å². The van der Waals surface area contributed by atoms with Gasteiger partial charge in [0.05, 0.1) is 38.3 Å². The van der Waals surface area contributed by atoms with Gasteiger partial charge >= 0.3 is 0 Å². The van der Waals surface area contributed by atoms with Gasteiger partial charge in [-0.15, -0.1) is 0 Å². The Labute approximate surface area is 181 Å². The molecule has 1 atom stereocenters. The molecule has 146 valence electrons. The molecule has 1 amide bonds. The van der Waals surface area contributed by atoms with Crippen molar-refractivity contribution in [2.24, 2.45) is 0 Å². The first-order chi connectivity index (χ1) is 14.0. The monoisotopic (exact) mass is 443 g/mol. The summed E-state index contributed by atoms with van der Waals surface area (Å²) in [6.45, 7) is 1.79. The Kier molecular flexibility index (Phi) is 5.71. The molecule has 0 aliphatic rings. The highest BCUT2D eigenvalue weighted by Crippen LogP contribution is 2.32. The molecule has 29 heavy (non-hydrogen) atoms. The number of hydrogen-bond donors (Lipinski definition) is 1. The fourth-order valence-corrected chi connectivity index (χ4v) is 4.11. The Morgan fingerprint density at radius 2 is 1.79 bits per heavy atom. The number of nitrogens with zero attached hydrogens (tertiary/aromatic N) is 4. The van der Waals surface area contributed by atoms with Gasteiger partial charge in [0.2, 0.25) is 5.91 Å². The standard InChI is InChI=1S/C20H15Cl2N5OS/c1-12(19(28)26-17-15(21)8-5-9-16(17)22)29-20-14-10-25-27(18(14)23-11-24-20)13-6-3-2-4-7-13/h2-12H,1H3,(H,26,28). The Bertz CT molecular complexity index is 1160. The lowest BCUT2D eigenvalue weighted by Gasteiger charge is -2.14. The van der Waals surface area contributed by atoms with Gasteiger partial charge in [-0.1, -0.05) is 59.2 Å². The van der Waals surface area contributed by atoms with Crippen LogP contribution in [0.15, 0.2) is 66.1 Å². The van der Waals surface area contributed by atoms with Gasteiger partial charge in [-0.25, -0.2) is 14.6 Å². The van der Waals surface area contributed by atoms with Crippen LogP contribution in [0.25, 0.3) is 16.7 Å². The minimum Gasteiger partial charge on any atom is -0.323 e. The van der Waals surface area contributed by atoms with Crippen LogP contribution in [-0.4, -0.2) is 30.9 Å². The molecule has 4 aromatic rings. The second kappa shape index (κ2) is 8.41. The summed E-state index contributed by atoms with van der Waals surface area (Å²) in [6.07, 6.45) is 3.18. The summed E-state index contributed by atoms with van der Waals surface area (Å²) in [6, 6.07) is 14.8. The number of fused-ring (bicyclic) bond motifs is 1. The third-order valence-corrected chi connectivity index (χ3v) is 5.94. The minimum absolute atomic E-state index is 0.229. The zero-order chi connectivity index (χ0) is 20.4. The molecule has 0 radical (unpaired) electrons. The Morgan fingerprint density at radius 3 is 2.52 bits per heavy atom. The van der Waals surface area contributed by atoms with Crippen molar-refractivity contribution in [2.45, 2.75) is 17.2 Å². The third kappa shape index (κ3) is 4.07. The number of carbonyl (C=O) groups excluding carboxylic acids is 1. The molecule has 1 unspecified atom stereocenters. The summed E-state index contributed by atoms with van der Waals surface area (Å²) in [5, 5.41) is 9.00. The highest BCUT2D eigenvalue weighted by Gasteiger charge is 2.20. The Morgan fingerprint density at radius 1 is 1.07 bits per heavy atom. The second-order valence-corrected chi connectivity index (χ2v) is 8.30. The van der Waals surface area contributed by atoms with E-state index in [1.165, 1.54) is 18.1 Å². The number of rotatable bonds is 5. The van der Waals surface area contributed by atoms with Gasteiger partial charge < -0.3 is 5.32 Å². The van der Waals surface area contributed by atoms with Crippen molar-refractivity contribution in [3.63, 3.8) is 0 Å². The molecule has 0 fully saturated rings. The summed E-state index contributed by atoms with van der Waals surface area (Å²) in [5.41, 5.74) is 1.98. The van der Waals surface area contributed by atoms with Crippen LogP contribution in [0.1, 0.15) is 6.92 Å². The van der Waals surface area contributed by atoms with Crippen LogP contribution in [0.4, 0.5) is 5.69 Å². The largest absolute Gasteiger partial charge is 0.323 e. The molecule has 2 heterocycles. The second-order valence-electron chi connectivity index (χ2n) is 6.15. The van der Waals surface area contributed by atoms with E-state index < -0.39 is 5.25 Å². The van der Waals surface area contributed by atoms with E-state index in [2.05, 4.69) is 20.4 Å². The normalized spacial score (nSPS) is 12.1. The maximum atomic E-state index is 12.7. The molecule has 0 aliphatic heterocycles. The third-order valence-electron chi connectivity index (χ3n) is 4.20. The number of halogens is 2. The van der Waals surface area contributed by atoms with E-state index in [1.807, 2.05) is 30.3 Å². The smallest absolute Gasteiger partial charge is 0.237 e. The molecule has 4 rings (SSSR count). The fraction of sp³-hybridized carbons (Fsp3) is 0.100. The van der Waals surface area contributed by atoms with E-state index in [0.29, 0.717) is 26.4 Å². The van der Waals surface area contributed by atoms with Crippen molar-refractivity contribution in [2.75, 3.05) is 5.32 Å². The number of aromatic nitrogens is 4. The van der Waals surface area contributed by atoms with Crippen molar-refractivity contribution < 1.29 is 4.79 Å². The maximum absolute atomic E-state index is 12.7. The van der Waals surface area contributed by atoms with E-state index in [9.17, 15) is 4.79 Å². The van der Waals surface area contributed by atoms with Crippen LogP contribution < -0.4 is 5.32 Å². The van der Waals surface area contributed by atoms with Crippen molar-refractivity contribution in [1.82, 2.24) is 19.7 Å². The highest BCUT2D eigenvalue weighted by molar-refractivity contribution is 8.00. The number of anilines is 1. The first-order valence-corrected chi connectivity index (χ1v) is 10.3. The van der Waals surface area contributed by atoms with E-state index >= 15 is 0 Å². The van der Waals surface area contributed by atoms with Gasteiger partial charge in [-0.3, -0.25) is 4.79 Å². The van der Waals surface area contributed by atoms with Gasteiger partial charge in [0, 0.05) is 0 Å². The number of carbonyl (C=O) groups is 1. The number of nitrogens with one attached hydrogen (secondary N) is 1. The summed E-state index contributed by atoms with van der Waals surface area (Å²) in [7, 11) is 0. The van der Waals surface area contributed by atoms with Crippen molar-refractivity contribution in [3.05, 3.63) is 71.1 Å². The molecular weight excluding hydrogens is 429 g/mol. The molecule has 6 nitrogen and oxygen atoms in total. The quantitative estimate of drug-likeness (QED) is 0.337. The van der Waals surface area contributed by atoms with Crippen molar-refractivity contribution in [1.29, 1.82) is 0 Å². The predicted octanol–water partition coefficient (Wildman–Crippen LogP) is 5.24. The fourth-order valence-electron chi connectivity index (χ4n) is 2.74.